The molecule has 1 atom stereocenters. The van der Waals surface area contributed by atoms with Gasteiger partial charge in [-0.3, -0.25) is 0 Å². The van der Waals surface area contributed by atoms with Crippen LogP contribution in [-0.4, -0.2) is 29.0 Å². The molecule has 1 unspecified atom stereocenters. The fraction of sp³-hybridized carbons (Fsp3) is 0.714. The zero-order valence-electron chi connectivity index (χ0n) is 10.8. The van der Waals surface area contributed by atoms with Crippen LogP contribution in [0.25, 0.3) is 0 Å². The highest BCUT2D eigenvalue weighted by Crippen LogP contribution is 2.64. The smallest absolute Gasteiger partial charge is 0.256 e. The zero-order valence-corrected chi connectivity index (χ0v) is 10.8. The third-order valence-corrected chi connectivity index (χ3v) is 4.71. The minimum absolute atomic E-state index is 0.0526. The summed E-state index contributed by atoms with van der Waals surface area (Å²) in [7, 11) is 0. The fourth-order valence-corrected chi connectivity index (χ4v) is 3.23. The molecule has 2 saturated carbocycles. The first-order chi connectivity index (χ1) is 9.10. The Balaban J connectivity index is 1.57. The van der Waals surface area contributed by atoms with E-state index >= 15 is 0 Å². The van der Waals surface area contributed by atoms with Crippen molar-refractivity contribution < 1.29 is 8.78 Å². The minimum atomic E-state index is -2.46. The van der Waals surface area contributed by atoms with Gasteiger partial charge in [0.15, 0.2) is 0 Å². The molecule has 5 heteroatoms. The van der Waals surface area contributed by atoms with Gasteiger partial charge < -0.3 is 4.90 Å². The van der Waals surface area contributed by atoms with Crippen LogP contribution in [-0.2, 0) is 0 Å². The van der Waals surface area contributed by atoms with Crippen molar-refractivity contribution in [2.75, 3.05) is 18.0 Å². The second kappa shape index (κ2) is 3.64. The van der Waals surface area contributed by atoms with Crippen LogP contribution in [0.15, 0.2) is 12.3 Å². The summed E-state index contributed by atoms with van der Waals surface area (Å²) in [6, 6.07) is 1.85. The monoisotopic (exact) mass is 265 g/mol. The highest BCUT2D eigenvalue weighted by atomic mass is 19.3. The van der Waals surface area contributed by atoms with E-state index in [0.717, 1.165) is 37.4 Å². The Kier molecular flexibility index (Phi) is 2.22. The zero-order chi connectivity index (χ0) is 13.1. The average molecular weight is 265 g/mol. The maximum atomic E-state index is 13.5. The molecule has 0 N–H and O–H groups in total. The van der Waals surface area contributed by atoms with Crippen molar-refractivity contribution in [2.24, 2.45) is 5.41 Å². The van der Waals surface area contributed by atoms with Crippen molar-refractivity contribution in [1.29, 1.82) is 0 Å². The second-order valence-electron chi connectivity index (χ2n) is 6.23. The summed E-state index contributed by atoms with van der Waals surface area (Å²) in [5.41, 5.74) is -0.768. The normalized spacial score (nSPS) is 32.6. The van der Waals surface area contributed by atoms with Crippen LogP contribution in [0, 0.1) is 5.41 Å². The summed E-state index contributed by atoms with van der Waals surface area (Å²) >= 11 is 0. The van der Waals surface area contributed by atoms with Crippen molar-refractivity contribution in [3.05, 3.63) is 18.1 Å². The number of halogens is 2. The molecule has 1 aromatic rings. The number of rotatable bonds is 2. The molecule has 0 radical (unpaired) electrons. The van der Waals surface area contributed by atoms with E-state index in [0.29, 0.717) is 18.9 Å². The van der Waals surface area contributed by atoms with Crippen LogP contribution in [0.1, 0.15) is 43.8 Å². The van der Waals surface area contributed by atoms with Crippen molar-refractivity contribution in [2.45, 2.75) is 43.9 Å². The Bertz CT molecular complexity index is 515. The molecule has 1 aromatic heterocycles. The maximum absolute atomic E-state index is 13.5. The molecule has 0 aromatic carbocycles. The van der Waals surface area contributed by atoms with Crippen molar-refractivity contribution in [1.82, 2.24) is 9.97 Å². The lowest BCUT2D eigenvalue weighted by atomic mass is 9.94. The Morgan fingerprint density at radius 3 is 2.79 bits per heavy atom. The molecule has 3 fully saturated rings. The van der Waals surface area contributed by atoms with Gasteiger partial charge in [0.25, 0.3) is 5.92 Å². The van der Waals surface area contributed by atoms with E-state index in [1.807, 2.05) is 11.0 Å². The van der Waals surface area contributed by atoms with Crippen LogP contribution in [0.3, 0.4) is 0 Å². The molecular weight excluding hydrogens is 248 g/mol. The largest absolute Gasteiger partial charge is 0.356 e. The number of hydrogen-bond acceptors (Lipinski definition) is 3. The lowest BCUT2D eigenvalue weighted by Gasteiger charge is -2.34. The molecule has 0 amide bonds. The second-order valence-corrected chi connectivity index (χ2v) is 6.23. The number of aromatic nitrogens is 2. The van der Waals surface area contributed by atoms with Gasteiger partial charge in [0.1, 0.15) is 11.6 Å². The summed E-state index contributed by atoms with van der Waals surface area (Å²) in [6.07, 6.45) is 5.62. The summed E-state index contributed by atoms with van der Waals surface area (Å²) in [5.74, 6) is -0.239. The van der Waals surface area contributed by atoms with Gasteiger partial charge in [-0.2, -0.15) is 0 Å². The van der Waals surface area contributed by atoms with E-state index < -0.39 is 11.3 Å². The van der Waals surface area contributed by atoms with Gasteiger partial charge in [-0.05, 0) is 31.7 Å². The summed E-state index contributed by atoms with van der Waals surface area (Å²) in [4.78, 5) is 10.9. The van der Waals surface area contributed by atoms with Gasteiger partial charge in [-0.15, -0.1) is 0 Å². The summed E-state index contributed by atoms with van der Waals surface area (Å²) in [5, 5.41) is 0. The first kappa shape index (κ1) is 11.6. The first-order valence-corrected chi connectivity index (χ1v) is 7.05. The van der Waals surface area contributed by atoms with E-state index in [1.165, 1.54) is 0 Å². The van der Waals surface area contributed by atoms with Crippen LogP contribution < -0.4 is 4.90 Å². The van der Waals surface area contributed by atoms with Gasteiger partial charge in [0.2, 0.25) is 0 Å². The Labute approximate surface area is 111 Å². The third kappa shape index (κ3) is 1.82. The molecular formula is C14H17F2N3. The highest BCUT2D eigenvalue weighted by molar-refractivity contribution is 5.41. The van der Waals surface area contributed by atoms with Crippen LogP contribution in [0.2, 0.25) is 0 Å². The average Bonchev–Trinajstić information content (AvgIpc) is 3.29. The summed E-state index contributed by atoms with van der Waals surface area (Å²) in [6.45, 7) is 1.28. The van der Waals surface area contributed by atoms with Gasteiger partial charge >= 0.3 is 0 Å². The molecule has 3 nitrogen and oxygen atoms in total. The van der Waals surface area contributed by atoms with Gasteiger partial charge in [-0.25, -0.2) is 18.7 Å². The molecule has 0 bridgehead atoms. The van der Waals surface area contributed by atoms with E-state index in [2.05, 4.69) is 9.97 Å². The number of piperidine rings is 1. The van der Waals surface area contributed by atoms with Gasteiger partial charge in [-0.1, -0.05) is 0 Å². The van der Waals surface area contributed by atoms with E-state index in [4.69, 9.17) is 0 Å². The minimum Gasteiger partial charge on any atom is -0.356 e. The topological polar surface area (TPSA) is 29.0 Å². The van der Waals surface area contributed by atoms with Crippen molar-refractivity contribution in [3.63, 3.8) is 0 Å². The van der Waals surface area contributed by atoms with E-state index in [-0.39, 0.29) is 6.42 Å². The molecule has 19 heavy (non-hydrogen) atoms. The van der Waals surface area contributed by atoms with Gasteiger partial charge in [0.05, 0.1) is 5.41 Å². The van der Waals surface area contributed by atoms with E-state index in [9.17, 15) is 8.78 Å². The quantitative estimate of drug-likeness (QED) is 0.823. The number of hydrogen-bond donors (Lipinski definition) is 0. The molecule has 3 aliphatic rings. The molecule has 102 valence electrons. The number of nitrogens with zero attached hydrogens (tertiary/aromatic N) is 3. The molecule has 1 aliphatic heterocycles. The number of anilines is 1. The molecule has 2 aliphatic carbocycles. The van der Waals surface area contributed by atoms with Gasteiger partial charge in [0, 0.05) is 31.6 Å². The SMILES string of the molecule is FC1(F)CC12CCCN(c1ccnc(C3CC3)n1)C2. The molecule has 4 rings (SSSR count). The predicted octanol–water partition coefficient (Wildman–Crippen LogP) is 2.98. The van der Waals surface area contributed by atoms with Crippen LogP contribution >= 0.6 is 0 Å². The van der Waals surface area contributed by atoms with Crippen LogP contribution in [0.5, 0.6) is 0 Å². The molecule has 1 saturated heterocycles. The number of alkyl halides is 2. The van der Waals surface area contributed by atoms with E-state index in [1.54, 1.807) is 6.20 Å². The predicted molar refractivity (Wildman–Crippen MR) is 67.5 cm³/mol. The Hall–Kier alpha value is -1.26. The molecule has 2 heterocycles. The first-order valence-electron chi connectivity index (χ1n) is 7.05. The van der Waals surface area contributed by atoms with Crippen LogP contribution in [0.4, 0.5) is 14.6 Å². The lowest BCUT2D eigenvalue weighted by Crippen LogP contribution is -2.39. The van der Waals surface area contributed by atoms with Crippen molar-refractivity contribution >= 4 is 5.82 Å². The highest BCUT2D eigenvalue weighted by Gasteiger charge is 2.71. The lowest BCUT2D eigenvalue weighted by molar-refractivity contribution is 0.0575. The summed E-state index contributed by atoms with van der Waals surface area (Å²) < 4.78 is 27.0. The Morgan fingerprint density at radius 2 is 2.11 bits per heavy atom. The standard InChI is InChI=1S/C14H17F2N3/c15-14(16)8-13(14)5-1-7-19(9-13)11-4-6-17-12(18-11)10-2-3-10/h4,6,10H,1-3,5,7-9H2. The fourth-order valence-electron chi connectivity index (χ4n) is 3.23. The Morgan fingerprint density at radius 1 is 1.32 bits per heavy atom. The maximum Gasteiger partial charge on any atom is 0.256 e. The van der Waals surface area contributed by atoms with Crippen molar-refractivity contribution in [3.8, 4) is 0 Å². The third-order valence-electron chi connectivity index (χ3n) is 4.71. The molecule has 1 spiro atoms.